The van der Waals surface area contributed by atoms with E-state index < -0.39 is 0 Å². The molecule has 3 rings (SSSR count). The first-order chi connectivity index (χ1) is 8.88. The zero-order valence-electron chi connectivity index (χ0n) is 10.2. The van der Waals surface area contributed by atoms with Crippen molar-refractivity contribution in [2.75, 3.05) is 12.4 Å². The summed E-state index contributed by atoms with van der Waals surface area (Å²) in [6.07, 6.45) is 1.83. The Labute approximate surface area is 106 Å². The van der Waals surface area contributed by atoms with Crippen LogP contribution in [0.25, 0.3) is 22.0 Å². The summed E-state index contributed by atoms with van der Waals surface area (Å²) in [6, 6.07) is 18.8. The lowest BCUT2D eigenvalue weighted by Crippen LogP contribution is -1.91. The molecule has 0 aliphatic heterocycles. The van der Waals surface area contributed by atoms with Gasteiger partial charge in [0.25, 0.3) is 0 Å². The first-order valence-electron chi connectivity index (χ1n) is 6.00. The van der Waals surface area contributed by atoms with Gasteiger partial charge in [-0.1, -0.05) is 36.4 Å². The number of benzene rings is 2. The van der Waals surface area contributed by atoms with Crippen LogP contribution in [-0.4, -0.2) is 12.0 Å². The molecule has 0 atom stereocenters. The zero-order chi connectivity index (χ0) is 12.4. The maximum atomic E-state index is 4.38. The van der Waals surface area contributed by atoms with Gasteiger partial charge in [0.15, 0.2) is 0 Å². The van der Waals surface area contributed by atoms with Crippen LogP contribution in [-0.2, 0) is 0 Å². The summed E-state index contributed by atoms with van der Waals surface area (Å²) in [5, 5.41) is 4.36. The number of pyridine rings is 1. The van der Waals surface area contributed by atoms with Crippen molar-refractivity contribution in [1.29, 1.82) is 0 Å². The molecule has 0 amide bonds. The largest absolute Gasteiger partial charge is 0.388 e. The number of rotatable bonds is 2. The van der Waals surface area contributed by atoms with E-state index in [0.717, 1.165) is 16.6 Å². The monoisotopic (exact) mass is 234 g/mol. The van der Waals surface area contributed by atoms with Crippen molar-refractivity contribution in [3.63, 3.8) is 0 Å². The SMILES string of the molecule is CNc1ccnc2ccc(-c3ccccc3)cc12. The molecular weight excluding hydrogens is 220 g/mol. The molecule has 0 aliphatic rings. The van der Waals surface area contributed by atoms with Crippen molar-refractivity contribution in [3.8, 4) is 11.1 Å². The Hall–Kier alpha value is -2.35. The van der Waals surface area contributed by atoms with Crippen molar-refractivity contribution in [3.05, 3.63) is 60.8 Å². The maximum Gasteiger partial charge on any atom is 0.0723 e. The second kappa shape index (κ2) is 4.49. The highest BCUT2D eigenvalue weighted by Gasteiger charge is 2.03. The topological polar surface area (TPSA) is 24.9 Å². The van der Waals surface area contributed by atoms with Crippen LogP contribution in [0.1, 0.15) is 0 Å². The van der Waals surface area contributed by atoms with Gasteiger partial charge in [0.2, 0.25) is 0 Å². The van der Waals surface area contributed by atoms with Crippen molar-refractivity contribution in [2.24, 2.45) is 0 Å². The molecule has 0 unspecified atom stereocenters. The van der Waals surface area contributed by atoms with Crippen LogP contribution in [0.4, 0.5) is 5.69 Å². The molecule has 0 radical (unpaired) electrons. The Kier molecular flexibility index (Phi) is 2.69. The van der Waals surface area contributed by atoms with Gasteiger partial charge in [0, 0.05) is 24.3 Å². The average molecular weight is 234 g/mol. The summed E-state index contributed by atoms with van der Waals surface area (Å²) in [7, 11) is 1.93. The molecule has 2 heteroatoms. The molecule has 0 saturated heterocycles. The summed E-state index contributed by atoms with van der Waals surface area (Å²) >= 11 is 0. The second-order valence-corrected chi connectivity index (χ2v) is 4.21. The van der Waals surface area contributed by atoms with E-state index in [-0.39, 0.29) is 0 Å². The lowest BCUT2D eigenvalue weighted by Gasteiger charge is -2.07. The van der Waals surface area contributed by atoms with E-state index in [0.29, 0.717) is 0 Å². The van der Waals surface area contributed by atoms with Gasteiger partial charge in [-0.05, 0) is 29.3 Å². The van der Waals surface area contributed by atoms with E-state index in [1.165, 1.54) is 11.1 Å². The average Bonchev–Trinajstić information content (AvgIpc) is 2.47. The number of hydrogen-bond donors (Lipinski definition) is 1. The Bertz CT molecular complexity index is 675. The zero-order valence-corrected chi connectivity index (χ0v) is 10.2. The van der Waals surface area contributed by atoms with Crippen LogP contribution in [0.15, 0.2) is 60.8 Å². The molecule has 0 aliphatic carbocycles. The minimum Gasteiger partial charge on any atom is -0.388 e. The highest BCUT2D eigenvalue weighted by Crippen LogP contribution is 2.27. The van der Waals surface area contributed by atoms with Crippen LogP contribution >= 0.6 is 0 Å². The smallest absolute Gasteiger partial charge is 0.0723 e. The first-order valence-corrected chi connectivity index (χ1v) is 6.00. The lowest BCUT2D eigenvalue weighted by atomic mass is 10.0. The van der Waals surface area contributed by atoms with E-state index in [1.807, 2.05) is 25.4 Å². The van der Waals surface area contributed by atoms with Crippen LogP contribution in [0, 0.1) is 0 Å². The van der Waals surface area contributed by atoms with Gasteiger partial charge in [0.05, 0.1) is 5.52 Å². The molecule has 0 spiro atoms. The van der Waals surface area contributed by atoms with E-state index in [1.54, 1.807) is 0 Å². The Morgan fingerprint density at radius 3 is 2.50 bits per heavy atom. The fourth-order valence-electron chi connectivity index (χ4n) is 2.17. The van der Waals surface area contributed by atoms with Gasteiger partial charge in [-0.15, -0.1) is 0 Å². The van der Waals surface area contributed by atoms with E-state index >= 15 is 0 Å². The summed E-state index contributed by atoms with van der Waals surface area (Å²) in [4.78, 5) is 4.38. The second-order valence-electron chi connectivity index (χ2n) is 4.21. The standard InChI is InChI=1S/C16H14N2/c1-17-15-9-10-18-16-8-7-13(11-14(15)16)12-5-3-2-4-6-12/h2-11H,1H3,(H,17,18). The highest BCUT2D eigenvalue weighted by molar-refractivity contribution is 5.94. The predicted octanol–water partition coefficient (Wildman–Crippen LogP) is 3.94. The highest BCUT2D eigenvalue weighted by atomic mass is 14.8. The molecule has 88 valence electrons. The van der Waals surface area contributed by atoms with Crippen LogP contribution in [0.5, 0.6) is 0 Å². The third kappa shape index (κ3) is 1.82. The van der Waals surface area contributed by atoms with Gasteiger partial charge < -0.3 is 5.32 Å². The van der Waals surface area contributed by atoms with Crippen molar-refractivity contribution < 1.29 is 0 Å². The molecule has 18 heavy (non-hydrogen) atoms. The van der Waals surface area contributed by atoms with E-state index in [9.17, 15) is 0 Å². The summed E-state index contributed by atoms with van der Waals surface area (Å²) in [6.45, 7) is 0. The lowest BCUT2D eigenvalue weighted by molar-refractivity contribution is 1.39. The summed E-state index contributed by atoms with van der Waals surface area (Å²) in [5.74, 6) is 0. The third-order valence-corrected chi connectivity index (χ3v) is 3.12. The van der Waals surface area contributed by atoms with Crippen molar-refractivity contribution in [1.82, 2.24) is 4.98 Å². The first kappa shape index (κ1) is 10.8. The van der Waals surface area contributed by atoms with Crippen LogP contribution in [0.3, 0.4) is 0 Å². The number of nitrogens with one attached hydrogen (secondary N) is 1. The van der Waals surface area contributed by atoms with Crippen LogP contribution in [0.2, 0.25) is 0 Å². The molecule has 0 bridgehead atoms. The van der Waals surface area contributed by atoms with Gasteiger partial charge in [-0.2, -0.15) is 0 Å². The Morgan fingerprint density at radius 2 is 1.72 bits per heavy atom. The summed E-state index contributed by atoms with van der Waals surface area (Å²) < 4.78 is 0. The van der Waals surface area contributed by atoms with E-state index in [2.05, 4.69) is 52.8 Å². The summed E-state index contributed by atoms with van der Waals surface area (Å²) in [5.41, 5.74) is 4.57. The minimum absolute atomic E-state index is 1.02. The number of anilines is 1. The molecule has 0 saturated carbocycles. The number of fused-ring (bicyclic) bond motifs is 1. The molecule has 2 aromatic carbocycles. The van der Waals surface area contributed by atoms with Crippen molar-refractivity contribution in [2.45, 2.75) is 0 Å². The molecule has 0 fully saturated rings. The molecule has 1 N–H and O–H groups in total. The minimum atomic E-state index is 1.02. The Morgan fingerprint density at radius 1 is 0.889 bits per heavy atom. The molecule has 3 aromatic rings. The number of hydrogen-bond acceptors (Lipinski definition) is 2. The van der Waals surface area contributed by atoms with E-state index in [4.69, 9.17) is 0 Å². The van der Waals surface area contributed by atoms with Gasteiger partial charge in [-0.3, -0.25) is 4.98 Å². The van der Waals surface area contributed by atoms with Crippen LogP contribution < -0.4 is 5.32 Å². The molecule has 1 aromatic heterocycles. The van der Waals surface area contributed by atoms with Gasteiger partial charge >= 0.3 is 0 Å². The molecule has 1 heterocycles. The Balaban J connectivity index is 2.22. The fraction of sp³-hybridized carbons (Fsp3) is 0.0625. The number of nitrogens with zero attached hydrogens (tertiary/aromatic N) is 1. The van der Waals surface area contributed by atoms with Gasteiger partial charge in [0.1, 0.15) is 0 Å². The molecular formula is C16H14N2. The van der Waals surface area contributed by atoms with Gasteiger partial charge in [-0.25, -0.2) is 0 Å². The van der Waals surface area contributed by atoms with Crippen molar-refractivity contribution >= 4 is 16.6 Å². The predicted molar refractivity (Wildman–Crippen MR) is 76.7 cm³/mol. The maximum absolute atomic E-state index is 4.38. The third-order valence-electron chi connectivity index (χ3n) is 3.12. The fourth-order valence-corrected chi connectivity index (χ4v) is 2.17. The number of aromatic nitrogens is 1. The normalized spacial score (nSPS) is 10.5. The molecule has 2 nitrogen and oxygen atoms in total. The quantitative estimate of drug-likeness (QED) is 0.726.